The second-order valence-electron chi connectivity index (χ2n) is 4.51. The summed E-state index contributed by atoms with van der Waals surface area (Å²) in [6.45, 7) is 7.17. The molecule has 2 nitrogen and oxygen atoms in total. The third-order valence-corrected chi connectivity index (χ3v) is 2.56. The SMILES string of the molecule is Cc1ccc(OCCOC(C)C)c(C#CCCCl)c1. The number of hydrogen-bond donors (Lipinski definition) is 0. The first-order valence-corrected chi connectivity index (χ1v) is 7.07. The van der Waals surface area contributed by atoms with Gasteiger partial charge in [0.2, 0.25) is 0 Å². The van der Waals surface area contributed by atoms with E-state index < -0.39 is 0 Å². The third-order valence-electron chi connectivity index (χ3n) is 2.37. The van der Waals surface area contributed by atoms with Crippen LogP contribution in [0.4, 0.5) is 0 Å². The molecule has 0 saturated carbocycles. The molecule has 0 heterocycles. The fourth-order valence-electron chi connectivity index (χ4n) is 1.51. The van der Waals surface area contributed by atoms with Crippen LogP contribution in [-0.2, 0) is 4.74 Å². The van der Waals surface area contributed by atoms with E-state index in [9.17, 15) is 0 Å². The minimum Gasteiger partial charge on any atom is -0.490 e. The molecule has 0 aliphatic carbocycles. The van der Waals surface area contributed by atoms with Gasteiger partial charge in [0.15, 0.2) is 0 Å². The molecular formula is C16H21ClO2. The summed E-state index contributed by atoms with van der Waals surface area (Å²) < 4.78 is 11.2. The molecule has 104 valence electrons. The number of benzene rings is 1. The molecule has 1 rings (SSSR count). The summed E-state index contributed by atoms with van der Waals surface area (Å²) in [4.78, 5) is 0. The van der Waals surface area contributed by atoms with Crippen LogP contribution in [0.25, 0.3) is 0 Å². The second kappa shape index (κ2) is 8.85. The Labute approximate surface area is 121 Å². The van der Waals surface area contributed by atoms with Gasteiger partial charge in [-0.25, -0.2) is 0 Å². The van der Waals surface area contributed by atoms with Crippen molar-refractivity contribution in [3.8, 4) is 17.6 Å². The monoisotopic (exact) mass is 280 g/mol. The Morgan fingerprint density at radius 2 is 2.05 bits per heavy atom. The summed E-state index contributed by atoms with van der Waals surface area (Å²) in [6.07, 6.45) is 0.912. The molecule has 0 radical (unpaired) electrons. The number of halogens is 1. The fourth-order valence-corrected chi connectivity index (χ4v) is 1.60. The normalized spacial score (nSPS) is 10.2. The van der Waals surface area contributed by atoms with E-state index in [1.807, 2.05) is 39.0 Å². The highest BCUT2D eigenvalue weighted by Gasteiger charge is 2.02. The molecule has 1 aromatic carbocycles. The number of aryl methyl sites for hydroxylation is 1. The van der Waals surface area contributed by atoms with Crippen molar-refractivity contribution in [3.63, 3.8) is 0 Å². The van der Waals surface area contributed by atoms with Gasteiger partial charge in [-0.3, -0.25) is 0 Å². The van der Waals surface area contributed by atoms with Gasteiger partial charge >= 0.3 is 0 Å². The molecule has 19 heavy (non-hydrogen) atoms. The number of alkyl halides is 1. The molecule has 0 aliphatic rings. The van der Waals surface area contributed by atoms with Gasteiger partial charge in [-0.2, -0.15) is 0 Å². The lowest BCUT2D eigenvalue weighted by Crippen LogP contribution is -2.11. The van der Waals surface area contributed by atoms with E-state index in [1.165, 1.54) is 5.56 Å². The van der Waals surface area contributed by atoms with E-state index in [2.05, 4.69) is 11.8 Å². The number of hydrogen-bond acceptors (Lipinski definition) is 2. The first-order chi connectivity index (χ1) is 9.13. The van der Waals surface area contributed by atoms with Crippen LogP contribution in [0.5, 0.6) is 5.75 Å². The zero-order valence-electron chi connectivity index (χ0n) is 11.8. The Kier molecular flexibility index (Phi) is 7.40. The summed E-state index contributed by atoms with van der Waals surface area (Å²) in [5.41, 5.74) is 2.08. The molecular weight excluding hydrogens is 260 g/mol. The average molecular weight is 281 g/mol. The fraction of sp³-hybridized carbons (Fsp3) is 0.500. The quantitative estimate of drug-likeness (QED) is 0.448. The summed E-state index contributed by atoms with van der Waals surface area (Å²) in [5, 5.41) is 0. The first kappa shape index (κ1) is 15.9. The summed E-state index contributed by atoms with van der Waals surface area (Å²) in [6, 6.07) is 6.00. The van der Waals surface area contributed by atoms with Gasteiger partial charge in [0.1, 0.15) is 12.4 Å². The molecule has 0 aliphatic heterocycles. The smallest absolute Gasteiger partial charge is 0.135 e. The number of ether oxygens (including phenoxy) is 2. The van der Waals surface area contributed by atoms with Crippen LogP contribution in [0.15, 0.2) is 18.2 Å². The van der Waals surface area contributed by atoms with E-state index >= 15 is 0 Å². The highest BCUT2D eigenvalue weighted by atomic mass is 35.5. The molecule has 0 aromatic heterocycles. The Hall–Kier alpha value is -1.17. The molecule has 0 unspecified atom stereocenters. The van der Waals surface area contributed by atoms with Crippen LogP contribution >= 0.6 is 11.6 Å². The molecule has 1 aromatic rings. The van der Waals surface area contributed by atoms with Crippen LogP contribution in [-0.4, -0.2) is 25.2 Å². The summed E-state index contributed by atoms with van der Waals surface area (Å²) >= 11 is 5.62. The number of rotatable bonds is 6. The first-order valence-electron chi connectivity index (χ1n) is 6.53. The molecule has 0 spiro atoms. The van der Waals surface area contributed by atoms with Crippen LogP contribution in [0.3, 0.4) is 0 Å². The highest BCUT2D eigenvalue weighted by molar-refractivity contribution is 6.18. The van der Waals surface area contributed by atoms with Crippen LogP contribution in [0, 0.1) is 18.8 Å². The highest BCUT2D eigenvalue weighted by Crippen LogP contribution is 2.19. The van der Waals surface area contributed by atoms with Crippen molar-refractivity contribution in [1.29, 1.82) is 0 Å². The van der Waals surface area contributed by atoms with E-state index in [-0.39, 0.29) is 6.10 Å². The van der Waals surface area contributed by atoms with E-state index in [0.29, 0.717) is 25.5 Å². The van der Waals surface area contributed by atoms with Crippen LogP contribution in [0.2, 0.25) is 0 Å². The summed E-state index contributed by atoms with van der Waals surface area (Å²) in [5.74, 6) is 7.50. The maximum Gasteiger partial charge on any atom is 0.135 e. The largest absolute Gasteiger partial charge is 0.490 e. The molecule has 0 amide bonds. The van der Waals surface area contributed by atoms with Crippen molar-refractivity contribution in [2.45, 2.75) is 33.3 Å². The van der Waals surface area contributed by atoms with Gasteiger partial charge in [0.25, 0.3) is 0 Å². The Bertz CT molecular complexity index is 444. The van der Waals surface area contributed by atoms with Gasteiger partial charge in [-0.15, -0.1) is 11.6 Å². The third kappa shape index (κ3) is 6.52. The topological polar surface area (TPSA) is 18.5 Å². The van der Waals surface area contributed by atoms with Crippen molar-refractivity contribution < 1.29 is 9.47 Å². The maximum atomic E-state index is 5.71. The average Bonchev–Trinajstić information content (AvgIpc) is 2.36. The van der Waals surface area contributed by atoms with Gasteiger partial charge in [-0.1, -0.05) is 17.9 Å². The van der Waals surface area contributed by atoms with Gasteiger partial charge in [0.05, 0.1) is 18.3 Å². The van der Waals surface area contributed by atoms with Crippen molar-refractivity contribution in [3.05, 3.63) is 29.3 Å². The van der Waals surface area contributed by atoms with Gasteiger partial charge in [-0.05, 0) is 38.5 Å². The van der Waals surface area contributed by atoms with Crippen molar-refractivity contribution in [1.82, 2.24) is 0 Å². The molecule has 0 saturated heterocycles. The predicted octanol–water partition coefficient (Wildman–Crippen LogP) is 3.78. The molecule has 0 N–H and O–H groups in total. The lowest BCUT2D eigenvalue weighted by Gasteiger charge is -2.11. The molecule has 0 fully saturated rings. The maximum absolute atomic E-state index is 5.71. The Balaban J connectivity index is 2.64. The van der Waals surface area contributed by atoms with E-state index in [4.69, 9.17) is 21.1 Å². The molecule has 0 atom stereocenters. The predicted molar refractivity (Wildman–Crippen MR) is 80.0 cm³/mol. The minimum absolute atomic E-state index is 0.226. The zero-order valence-corrected chi connectivity index (χ0v) is 12.6. The van der Waals surface area contributed by atoms with Crippen LogP contribution in [0.1, 0.15) is 31.4 Å². The standard InChI is InChI=1S/C16H21ClO2/c1-13(2)18-10-11-19-16-8-7-14(3)12-15(16)6-4-5-9-17/h7-8,12-13H,5,9-11H2,1-3H3. The Morgan fingerprint density at radius 3 is 2.74 bits per heavy atom. The van der Waals surface area contributed by atoms with E-state index in [1.54, 1.807) is 0 Å². The lowest BCUT2D eigenvalue weighted by molar-refractivity contribution is 0.0552. The summed E-state index contributed by atoms with van der Waals surface area (Å²) in [7, 11) is 0. The van der Waals surface area contributed by atoms with Crippen LogP contribution < -0.4 is 4.74 Å². The zero-order chi connectivity index (χ0) is 14.1. The van der Waals surface area contributed by atoms with Gasteiger partial charge in [0, 0.05) is 12.3 Å². The van der Waals surface area contributed by atoms with Crippen molar-refractivity contribution in [2.75, 3.05) is 19.1 Å². The molecule has 3 heteroatoms. The van der Waals surface area contributed by atoms with Gasteiger partial charge < -0.3 is 9.47 Å². The lowest BCUT2D eigenvalue weighted by atomic mass is 10.1. The van der Waals surface area contributed by atoms with Crippen molar-refractivity contribution in [2.24, 2.45) is 0 Å². The minimum atomic E-state index is 0.226. The van der Waals surface area contributed by atoms with E-state index in [0.717, 1.165) is 11.3 Å². The molecule has 0 bridgehead atoms. The second-order valence-corrected chi connectivity index (χ2v) is 4.89. The Morgan fingerprint density at radius 1 is 1.26 bits per heavy atom. The van der Waals surface area contributed by atoms with Crippen molar-refractivity contribution >= 4 is 11.6 Å².